The van der Waals surface area contributed by atoms with Crippen molar-refractivity contribution in [2.45, 2.75) is 0 Å². The summed E-state index contributed by atoms with van der Waals surface area (Å²) in [7, 11) is 0. The number of piperazine rings is 1. The van der Waals surface area contributed by atoms with Crippen molar-refractivity contribution >= 4 is 52.4 Å². The fraction of sp³-hybridized carbons (Fsp3) is 0.238. The molecule has 1 aliphatic rings. The van der Waals surface area contributed by atoms with Crippen molar-refractivity contribution in [2.24, 2.45) is 10.7 Å². The zero-order chi connectivity index (χ0) is 19.9. The van der Waals surface area contributed by atoms with Crippen molar-refractivity contribution in [2.75, 3.05) is 37.0 Å². The number of carbonyl (C=O) groups is 1. The van der Waals surface area contributed by atoms with Crippen LogP contribution in [-0.4, -0.2) is 48.7 Å². The molecule has 0 saturated carbocycles. The summed E-state index contributed by atoms with van der Waals surface area (Å²) in [6.45, 7) is 2.73. The van der Waals surface area contributed by atoms with E-state index in [4.69, 9.17) is 28.9 Å². The maximum Gasteiger partial charge on any atom is 0.246 e. The largest absolute Gasteiger partial charge is 0.386 e. The zero-order valence-corrected chi connectivity index (χ0v) is 16.9. The van der Waals surface area contributed by atoms with Crippen LogP contribution in [0.2, 0.25) is 5.02 Å². The number of hydrogen-bond donors (Lipinski definition) is 1. The van der Waals surface area contributed by atoms with Gasteiger partial charge in [0.05, 0.1) is 22.3 Å². The number of benzene rings is 2. The Morgan fingerprint density at radius 1 is 1.11 bits per heavy atom. The fourth-order valence-corrected chi connectivity index (χ4v) is 3.38. The van der Waals surface area contributed by atoms with Crippen LogP contribution in [0.1, 0.15) is 5.56 Å². The summed E-state index contributed by atoms with van der Waals surface area (Å²) in [6, 6.07) is 15.4. The molecule has 146 valence electrons. The van der Waals surface area contributed by atoms with Gasteiger partial charge in [-0.05, 0) is 29.8 Å². The van der Waals surface area contributed by atoms with Crippen molar-refractivity contribution in [1.29, 1.82) is 0 Å². The van der Waals surface area contributed by atoms with Crippen LogP contribution in [0, 0.1) is 0 Å². The van der Waals surface area contributed by atoms with Crippen molar-refractivity contribution in [1.82, 2.24) is 4.90 Å². The minimum absolute atomic E-state index is 0.0239. The summed E-state index contributed by atoms with van der Waals surface area (Å²) in [5.41, 5.74) is 8.28. The van der Waals surface area contributed by atoms with E-state index in [0.717, 1.165) is 24.3 Å². The molecule has 3 rings (SSSR count). The molecule has 0 aromatic heterocycles. The third kappa shape index (κ3) is 5.27. The summed E-state index contributed by atoms with van der Waals surface area (Å²) in [5.74, 6) is 0.547. The molecule has 0 radical (unpaired) electrons. The van der Waals surface area contributed by atoms with Gasteiger partial charge in [0.15, 0.2) is 0 Å². The lowest BCUT2D eigenvalue weighted by atomic mass is 10.2. The molecular weight excluding hydrogens is 395 g/mol. The first-order valence-corrected chi connectivity index (χ1v) is 9.93. The average Bonchev–Trinajstić information content (AvgIpc) is 2.73. The molecule has 1 aliphatic heterocycles. The summed E-state index contributed by atoms with van der Waals surface area (Å²) in [4.78, 5) is 20.6. The van der Waals surface area contributed by atoms with Gasteiger partial charge in [-0.3, -0.25) is 4.79 Å². The molecule has 0 aliphatic carbocycles. The number of alkyl halides is 1. The van der Waals surface area contributed by atoms with E-state index in [-0.39, 0.29) is 11.8 Å². The standard InChI is InChI=1S/C21H22Cl2N4O/c22-15-20(24)25-17-7-8-19(18(23)14-17)26-10-12-27(13-11-26)21(28)9-6-16-4-2-1-3-5-16/h1-9,14H,10-13,15H2,(H2,24,25). The number of nitrogens with zero attached hydrogens (tertiary/aromatic N) is 3. The van der Waals surface area contributed by atoms with Crippen LogP contribution < -0.4 is 10.6 Å². The van der Waals surface area contributed by atoms with E-state index in [1.165, 1.54) is 0 Å². The van der Waals surface area contributed by atoms with Gasteiger partial charge in [-0.15, -0.1) is 11.6 Å². The number of hydrogen-bond acceptors (Lipinski definition) is 3. The van der Waals surface area contributed by atoms with Crippen molar-refractivity contribution in [3.05, 3.63) is 65.2 Å². The zero-order valence-electron chi connectivity index (χ0n) is 15.4. The Morgan fingerprint density at radius 2 is 1.82 bits per heavy atom. The first-order chi connectivity index (χ1) is 13.6. The lowest BCUT2D eigenvalue weighted by molar-refractivity contribution is -0.126. The fourth-order valence-electron chi connectivity index (χ4n) is 3.02. The second-order valence-electron chi connectivity index (χ2n) is 6.43. The molecule has 0 spiro atoms. The quantitative estimate of drug-likeness (QED) is 0.347. The molecule has 0 bridgehead atoms. The normalized spacial score (nSPS) is 15.3. The molecule has 7 heteroatoms. The van der Waals surface area contributed by atoms with Crippen LogP contribution in [0.3, 0.4) is 0 Å². The van der Waals surface area contributed by atoms with Gasteiger partial charge in [0, 0.05) is 32.3 Å². The number of halogens is 2. The van der Waals surface area contributed by atoms with Crippen molar-refractivity contribution in [3.63, 3.8) is 0 Å². The van der Waals surface area contributed by atoms with Gasteiger partial charge in [0.1, 0.15) is 5.84 Å². The van der Waals surface area contributed by atoms with E-state index in [0.29, 0.717) is 29.6 Å². The summed E-state index contributed by atoms with van der Waals surface area (Å²) >= 11 is 12.1. The van der Waals surface area contributed by atoms with E-state index in [1.54, 1.807) is 12.1 Å². The third-order valence-electron chi connectivity index (χ3n) is 4.49. The average molecular weight is 417 g/mol. The van der Waals surface area contributed by atoms with Crippen molar-refractivity contribution < 1.29 is 4.79 Å². The van der Waals surface area contributed by atoms with E-state index in [9.17, 15) is 4.79 Å². The first kappa shape index (κ1) is 20.2. The molecule has 2 aromatic carbocycles. The molecule has 28 heavy (non-hydrogen) atoms. The molecule has 2 N–H and O–H groups in total. The van der Waals surface area contributed by atoms with Crippen LogP contribution in [0.4, 0.5) is 11.4 Å². The number of carbonyl (C=O) groups excluding carboxylic acids is 1. The highest BCUT2D eigenvalue weighted by atomic mass is 35.5. The van der Waals surface area contributed by atoms with Gasteiger partial charge in [0.25, 0.3) is 0 Å². The predicted octanol–water partition coefficient (Wildman–Crippen LogP) is 3.93. The maximum atomic E-state index is 12.4. The summed E-state index contributed by atoms with van der Waals surface area (Å²) in [5, 5.41) is 0.604. The molecule has 1 amide bonds. The minimum Gasteiger partial charge on any atom is -0.386 e. The monoisotopic (exact) mass is 416 g/mol. The molecular formula is C21H22Cl2N4O. The van der Waals surface area contributed by atoms with Crippen LogP contribution >= 0.6 is 23.2 Å². The minimum atomic E-state index is 0.0239. The number of anilines is 1. The van der Waals surface area contributed by atoms with Gasteiger partial charge >= 0.3 is 0 Å². The Labute approximate surface area is 175 Å². The molecule has 0 unspecified atom stereocenters. The van der Waals surface area contributed by atoms with Crippen LogP contribution in [0.5, 0.6) is 0 Å². The topological polar surface area (TPSA) is 61.9 Å². The first-order valence-electron chi connectivity index (χ1n) is 9.02. The van der Waals surface area contributed by atoms with Crippen LogP contribution in [0.25, 0.3) is 6.08 Å². The molecule has 0 atom stereocenters. The Hall–Kier alpha value is -2.50. The molecule has 1 heterocycles. The molecule has 1 saturated heterocycles. The van der Waals surface area contributed by atoms with Gasteiger partial charge in [-0.1, -0.05) is 41.9 Å². The second-order valence-corrected chi connectivity index (χ2v) is 7.10. The number of nitrogens with two attached hydrogens (primary N) is 1. The van der Waals surface area contributed by atoms with Gasteiger partial charge in [-0.25, -0.2) is 4.99 Å². The lowest BCUT2D eigenvalue weighted by Gasteiger charge is -2.36. The van der Waals surface area contributed by atoms with Gasteiger partial charge < -0.3 is 15.5 Å². The molecule has 1 fully saturated rings. The smallest absolute Gasteiger partial charge is 0.246 e. The number of amidine groups is 1. The molecule has 5 nitrogen and oxygen atoms in total. The lowest BCUT2D eigenvalue weighted by Crippen LogP contribution is -2.48. The Balaban J connectivity index is 1.59. The maximum absolute atomic E-state index is 12.4. The predicted molar refractivity (Wildman–Crippen MR) is 118 cm³/mol. The SMILES string of the molecule is NC(CCl)=Nc1ccc(N2CCN(C(=O)C=Cc3ccccc3)CC2)c(Cl)c1. The number of aliphatic imine (C=N–C) groups is 1. The Bertz CT molecular complexity index is 875. The van der Waals surface area contributed by atoms with Gasteiger partial charge in [-0.2, -0.15) is 0 Å². The van der Waals surface area contributed by atoms with E-state index in [2.05, 4.69) is 9.89 Å². The highest BCUT2D eigenvalue weighted by Crippen LogP contribution is 2.30. The van der Waals surface area contributed by atoms with Crippen LogP contribution in [-0.2, 0) is 4.79 Å². The van der Waals surface area contributed by atoms with E-state index < -0.39 is 0 Å². The Morgan fingerprint density at radius 3 is 2.46 bits per heavy atom. The highest BCUT2D eigenvalue weighted by molar-refractivity contribution is 6.33. The summed E-state index contributed by atoms with van der Waals surface area (Å²) < 4.78 is 0. The highest BCUT2D eigenvalue weighted by Gasteiger charge is 2.21. The third-order valence-corrected chi connectivity index (χ3v) is 5.07. The van der Waals surface area contributed by atoms with Gasteiger partial charge in [0.2, 0.25) is 5.91 Å². The van der Waals surface area contributed by atoms with E-state index in [1.807, 2.05) is 53.4 Å². The number of rotatable bonds is 5. The molecule has 2 aromatic rings. The van der Waals surface area contributed by atoms with Crippen LogP contribution in [0.15, 0.2) is 59.6 Å². The van der Waals surface area contributed by atoms with Crippen molar-refractivity contribution in [3.8, 4) is 0 Å². The van der Waals surface area contributed by atoms with E-state index >= 15 is 0 Å². The Kier molecular flexibility index (Phi) is 6.95. The summed E-state index contributed by atoms with van der Waals surface area (Å²) in [6.07, 6.45) is 3.48. The second kappa shape index (κ2) is 9.62. The number of amides is 1.